The van der Waals surface area contributed by atoms with Crippen LogP contribution in [0.4, 0.5) is 0 Å². The number of hydrogen-bond donors (Lipinski definition) is 1. The molecule has 2 aliphatic heterocycles. The minimum absolute atomic E-state index is 0.945. The summed E-state index contributed by atoms with van der Waals surface area (Å²) in [6.07, 6.45) is 7.07. The largest absolute Gasteiger partial charge is 0.316 e. The van der Waals surface area contributed by atoms with Crippen molar-refractivity contribution < 1.29 is 0 Å². The quantitative estimate of drug-likeness (QED) is 0.908. The second-order valence-electron chi connectivity index (χ2n) is 6.56. The molecule has 0 spiro atoms. The summed E-state index contributed by atoms with van der Waals surface area (Å²) in [5, 5.41) is 3.59. The van der Waals surface area contributed by atoms with Crippen LogP contribution in [0.2, 0.25) is 0 Å². The Kier molecular flexibility index (Phi) is 5.10. The van der Waals surface area contributed by atoms with Crippen LogP contribution in [-0.4, -0.2) is 31.1 Å². The number of rotatable bonds is 3. The number of nitrogens with one attached hydrogen (secondary N) is 1. The monoisotopic (exact) mass is 272 g/mol. The molecule has 2 unspecified atom stereocenters. The summed E-state index contributed by atoms with van der Waals surface area (Å²) < 4.78 is 0. The Morgan fingerprint density at radius 3 is 2.60 bits per heavy atom. The maximum atomic E-state index is 3.59. The molecule has 2 atom stereocenters. The van der Waals surface area contributed by atoms with Gasteiger partial charge in [0, 0.05) is 6.54 Å². The molecule has 0 radical (unpaired) electrons. The minimum Gasteiger partial charge on any atom is -0.316 e. The van der Waals surface area contributed by atoms with Gasteiger partial charge in [0.05, 0.1) is 0 Å². The molecule has 3 rings (SSSR count). The van der Waals surface area contributed by atoms with Crippen LogP contribution in [0.3, 0.4) is 0 Å². The van der Waals surface area contributed by atoms with E-state index >= 15 is 0 Å². The van der Waals surface area contributed by atoms with Crippen LogP contribution >= 0.6 is 0 Å². The van der Waals surface area contributed by atoms with E-state index in [4.69, 9.17) is 0 Å². The number of likely N-dealkylation sites (tertiary alicyclic amines) is 1. The van der Waals surface area contributed by atoms with Gasteiger partial charge in [0.1, 0.15) is 0 Å². The molecule has 1 N–H and O–H groups in total. The lowest BCUT2D eigenvalue weighted by Gasteiger charge is -2.30. The molecule has 0 bridgehead atoms. The SMILES string of the molecule is c1ccc(CN2CCCC(C3CCCNC3)CC2)cc1. The van der Waals surface area contributed by atoms with Crippen molar-refractivity contribution in [2.24, 2.45) is 11.8 Å². The van der Waals surface area contributed by atoms with Crippen LogP contribution in [-0.2, 0) is 6.54 Å². The van der Waals surface area contributed by atoms with Crippen molar-refractivity contribution in [3.63, 3.8) is 0 Å². The number of nitrogens with zero attached hydrogens (tertiary/aromatic N) is 1. The second kappa shape index (κ2) is 7.24. The van der Waals surface area contributed by atoms with E-state index in [2.05, 4.69) is 40.5 Å². The van der Waals surface area contributed by atoms with Crippen LogP contribution in [0, 0.1) is 11.8 Å². The van der Waals surface area contributed by atoms with Crippen molar-refractivity contribution in [1.29, 1.82) is 0 Å². The molecule has 2 fully saturated rings. The third kappa shape index (κ3) is 3.83. The maximum absolute atomic E-state index is 3.59. The van der Waals surface area contributed by atoms with Gasteiger partial charge < -0.3 is 5.32 Å². The molecule has 2 saturated heterocycles. The van der Waals surface area contributed by atoms with Crippen molar-refractivity contribution in [1.82, 2.24) is 10.2 Å². The Hall–Kier alpha value is -0.860. The molecule has 1 aromatic rings. The molecule has 110 valence electrons. The predicted octanol–water partition coefficient (Wildman–Crippen LogP) is 3.29. The highest BCUT2D eigenvalue weighted by Gasteiger charge is 2.25. The first kappa shape index (κ1) is 14.1. The Morgan fingerprint density at radius 1 is 0.950 bits per heavy atom. The summed E-state index contributed by atoms with van der Waals surface area (Å²) in [4.78, 5) is 2.66. The lowest BCUT2D eigenvalue weighted by molar-refractivity contribution is 0.229. The minimum atomic E-state index is 0.945. The Morgan fingerprint density at radius 2 is 1.80 bits per heavy atom. The zero-order valence-corrected chi connectivity index (χ0v) is 12.6. The molecule has 0 saturated carbocycles. The summed E-state index contributed by atoms with van der Waals surface area (Å²) in [5.41, 5.74) is 1.46. The van der Waals surface area contributed by atoms with E-state index in [1.165, 1.54) is 63.8 Å². The summed E-state index contributed by atoms with van der Waals surface area (Å²) in [7, 11) is 0. The average molecular weight is 272 g/mol. The average Bonchev–Trinajstić information content (AvgIpc) is 2.75. The van der Waals surface area contributed by atoms with Crippen molar-refractivity contribution in [3.8, 4) is 0 Å². The van der Waals surface area contributed by atoms with E-state index in [1.807, 2.05) is 0 Å². The first-order valence-corrected chi connectivity index (χ1v) is 8.39. The lowest BCUT2D eigenvalue weighted by Crippen LogP contribution is -2.34. The molecule has 2 nitrogen and oxygen atoms in total. The van der Waals surface area contributed by atoms with Crippen molar-refractivity contribution in [2.45, 2.75) is 38.6 Å². The van der Waals surface area contributed by atoms with Gasteiger partial charge in [-0.3, -0.25) is 4.90 Å². The normalized spacial score (nSPS) is 29.0. The van der Waals surface area contributed by atoms with Crippen LogP contribution in [0.25, 0.3) is 0 Å². The third-order valence-corrected chi connectivity index (χ3v) is 5.12. The van der Waals surface area contributed by atoms with Crippen LogP contribution in [0.15, 0.2) is 30.3 Å². The maximum Gasteiger partial charge on any atom is 0.0233 e. The van der Waals surface area contributed by atoms with Crippen LogP contribution in [0.5, 0.6) is 0 Å². The van der Waals surface area contributed by atoms with E-state index in [0.29, 0.717) is 0 Å². The van der Waals surface area contributed by atoms with Gasteiger partial charge in [-0.2, -0.15) is 0 Å². The van der Waals surface area contributed by atoms with Gasteiger partial charge in [-0.15, -0.1) is 0 Å². The van der Waals surface area contributed by atoms with E-state index in [0.717, 1.165) is 18.4 Å². The summed E-state index contributed by atoms with van der Waals surface area (Å²) >= 11 is 0. The molecule has 1 aromatic carbocycles. The molecule has 2 heterocycles. The number of benzene rings is 1. The Balaban J connectivity index is 1.51. The molecule has 2 aliphatic rings. The number of piperidine rings is 1. The van der Waals surface area contributed by atoms with Gasteiger partial charge in [-0.25, -0.2) is 0 Å². The van der Waals surface area contributed by atoms with Crippen molar-refractivity contribution in [2.75, 3.05) is 26.2 Å². The summed E-state index contributed by atoms with van der Waals surface area (Å²) in [6.45, 7) is 6.21. The van der Waals surface area contributed by atoms with Gasteiger partial charge >= 0.3 is 0 Å². The van der Waals surface area contributed by atoms with E-state index in [-0.39, 0.29) is 0 Å². The van der Waals surface area contributed by atoms with Crippen molar-refractivity contribution >= 4 is 0 Å². The molecular formula is C18H28N2. The molecule has 0 amide bonds. The third-order valence-electron chi connectivity index (χ3n) is 5.12. The predicted molar refractivity (Wildman–Crippen MR) is 84.7 cm³/mol. The second-order valence-corrected chi connectivity index (χ2v) is 6.56. The van der Waals surface area contributed by atoms with Gasteiger partial charge in [-0.05, 0) is 75.7 Å². The zero-order chi connectivity index (χ0) is 13.6. The Bertz CT molecular complexity index is 384. The van der Waals surface area contributed by atoms with Gasteiger partial charge in [0.15, 0.2) is 0 Å². The number of hydrogen-bond acceptors (Lipinski definition) is 2. The molecular weight excluding hydrogens is 244 g/mol. The topological polar surface area (TPSA) is 15.3 Å². The van der Waals surface area contributed by atoms with Gasteiger partial charge in [0.2, 0.25) is 0 Å². The molecule has 0 aliphatic carbocycles. The first-order valence-electron chi connectivity index (χ1n) is 8.39. The van der Waals surface area contributed by atoms with Gasteiger partial charge in [-0.1, -0.05) is 30.3 Å². The smallest absolute Gasteiger partial charge is 0.0233 e. The van der Waals surface area contributed by atoms with E-state index in [9.17, 15) is 0 Å². The molecule has 0 aromatic heterocycles. The van der Waals surface area contributed by atoms with Crippen molar-refractivity contribution in [3.05, 3.63) is 35.9 Å². The Labute approximate surface area is 123 Å². The fourth-order valence-electron chi connectivity index (χ4n) is 3.93. The first-order chi connectivity index (χ1) is 9.92. The summed E-state index contributed by atoms with van der Waals surface area (Å²) in [5.74, 6) is 1.91. The van der Waals surface area contributed by atoms with E-state index in [1.54, 1.807) is 0 Å². The van der Waals surface area contributed by atoms with Crippen LogP contribution in [0.1, 0.15) is 37.7 Å². The standard InChI is InChI=1S/C18H28N2/c1-2-6-16(7-3-1)15-20-12-5-9-17(10-13-20)18-8-4-11-19-14-18/h1-3,6-7,17-19H,4-5,8-15H2. The highest BCUT2D eigenvalue weighted by molar-refractivity contribution is 5.14. The summed E-state index contributed by atoms with van der Waals surface area (Å²) in [6, 6.07) is 10.9. The van der Waals surface area contributed by atoms with E-state index < -0.39 is 0 Å². The fourth-order valence-corrected chi connectivity index (χ4v) is 3.93. The molecule has 20 heavy (non-hydrogen) atoms. The van der Waals surface area contributed by atoms with Crippen LogP contribution < -0.4 is 5.32 Å². The molecule has 2 heteroatoms. The fraction of sp³-hybridized carbons (Fsp3) is 0.667. The zero-order valence-electron chi connectivity index (χ0n) is 12.6. The lowest BCUT2D eigenvalue weighted by atomic mass is 9.82. The highest BCUT2D eigenvalue weighted by Crippen LogP contribution is 2.29. The van der Waals surface area contributed by atoms with Gasteiger partial charge in [0.25, 0.3) is 0 Å². The highest BCUT2D eigenvalue weighted by atomic mass is 15.1.